The molecule has 1 N–H and O–H groups in total. The molecule has 2 aromatic rings. The first-order valence-corrected chi connectivity index (χ1v) is 7.04. The molecule has 0 amide bonds. The molecule has 4 heteroatoms. The summed E-state index contributed by atoms with van der Waals surface area (Å²) in [6.07, 6.45) is 4.95. The summed E-state index contributed by atoms with van der Waals surface area (Å²) >= 11 is 1.68. The van der Waals surface area contributed by atoms with Crippen molar-refractivity contribution in [1.82, 2.24) is 9.78 Å². The van der Waals surface area contributed by atoms with Gasteiger partial charge in [0.2, 0.25) is 0 Å². The van der Waals surface area contributed by atoms with Crippen LogP contribution in [0, 0.1) is 0 Å². The smallest absolute Gasteiger partial charge is 0.0935 e. The third kappa shape index (κ3) is 2.03. The molecule has 0 aromatic carbocycles. The molecule has 1 fully saturated rings. The standard InChI is InChI=1S/C13H16N2OS/c16-8-12-7-13(10-5-6-17-9-10)14-15(12)11-3-1-2-4-11/h5-7,9,11,16H,1-4,8H2. The molecule has 2 heterocycles. The Bertz CT molecular complexity index is 483. The van der Waals surface area contributed by atoms with E-state index in [2.05, 4.69) is 21.9 Å². The number of rotatable bonds is 3. The van der Waals surface area contributed by atoms with E-state index in [-0.39, 0.29) is 6.61 Å². The van der Waals surface area contributed by atoms with Gasteiger partial charge in [0.25, 0.3) is 0 Å². The fourth-order valence-corrected chi connectivity index (χ4v) is 3.22. The molecule has 1 saturated carbocycles. The van der Waals surface area contributed by atoms with Crippen LogP contribution in [0.15, 0.2) is 22.9 Å². The lowest BCUT2D eigenvalue weighted by molar-refractivity contribution is 0.261. The van der Waals surface area contributed by atoms with Crippen LogP contribution in [0.4, 0.5) is 0 Å². The van der Waals surface area contributed by atoms with E-state index in [9.17, 15) is 5.11 Å². The Morgan fingerprint density at radius 2 is 2.24 bits per heavy atom. The van der Waals surface area contributed by atoms with Gasteiger partial charge in [-0.2, -0.15) is 16.4 Å². The molecular formula is C13H16N2OS. The summed E-state index contributed by atoms with van der Waals surface area (Å²) in [5.74, 6) is 0. The van der Waals surface area contributed by atoms with Crippen molar-refractivity contribution in [3.05, 3.63) is 28.6 Å². The molecule has 0 saturated heterocycles. The maximum atomic E-state index is 9.43. The lowest BCUT2D eigenvalue weighted by atomic mass is 10.2. The van der Waals surface area contributed by atoms with Crippen molar-refractivity contribution in [1.29, 1.82) is 0 Å². The monoisotopic (exact) mass is 248 g/mol. The average Bonchev–Trinajstić information content (AvgIpc) is 3.09. The number of thiophene rings is 1. The summed E-state index contributed by atoms with van der Waals surface area (Å²) in [5.41, 5.74) is 3.08. The van der Waals surface area contributed by atoms with Crippen LogP contribution >= 0.6 is 11.3 Å². The average molecular weight is 248 g/mol. The summed E-state index contributed by atoms with van der Waals surface area (Å²) in [5, 5.41) is 18.3. The van der Waals surface area contributed by atoms with Crippen molar-refractivity contribution in [2.75, 3.05) is 0 Å². The topological polar surface area (TPSA) is 38.1 Å². The van der Waals surface area contributed by atoms with Crippen LogP contribution in [0.5, 0.6) is 0 Å². The highest BCUT2D eigenvalue weighted by Crippen LogP contribution is 2.32. The molecule has 0 spiro atoms. The first-order chi connectivity index (χ1) is 8.38. The van der Waals surface area contributed by atoms with E-state index in [1.54, 1.807) is 11.3 Å². The quantitative estimate of drug-likeness (QED) is 0.905. The summed E-state index contributed by atoms with van der Waals surface area (Å²) in [7, 11) is 0. The van der Waals surface area contributed by atoms with Gasteiger partial charge < -0.3 is 5.11 Å². The largest absolute Gasteiger partial charge is 0.390 e. The first-order valence-electron chi connectivity index (χ1n) is 6.10. The minimum Gasteiger partial charge on any atom is -0.390 e. The Kier molecular flexibility index (Phi) is 2.99. The highest BCUT2D eigenvalue weighted by molar-refractivity contribution is 7.08. The zero-order valence-corrected chi connectivity index (χ0v) is 10.5. The minimum atomic E-state index is 0.0770. The van der Waals surface area contributed by atoms with Gasteiger partial charge in [-0.1, -0.05) is 12.8 Å². The van der Waals surface area contributed by atoms with Gasteiger partial charge in [-0.25, -0.2) is 0 Å². The summed E-state index contributed by atoms with van der Waals surface area (Å²) in [4.78, 5) is 0. The Hall–Kier alpha value is -1.13. The predicted molar refractivity (Wildman–Crippen MR) is 69.0 cm³/mol. The number of hydrogen-bond donors (Lipinski definition) is 1. The Balaban J connectivity index is 1.97. The molecule has 0 unspecified atom stereocenters. The second kappa shape index (κ2) is 4.63. The van der Waals surface area contributed by atoms with E-state index in [0.29, 0.717) is 6.04 Å². The molecule has 2 aromatic heterocycles. The van der Waals surface area contributed by atoms with Crippen LogP contribution in [0.2, 0.25) is 0 Å². The van der Waals surface area contributed by atoms with Crippen molar-refractivity contribution in [2.45, 2.75) is 38.3 Å². The molecule has 17 heavy (non-hydrogen) atoms. The van der Waals surface area contributed by atoms with Crippen LogP contribution in [-0.4, -0.2) is 14.9 Å². The molecule has 3 rings (SSSR count). The van der Waals surface area contributed by atoms with Gasteiger partial charge in [-0.15, -0.1) is 0 Å². The highest BCUT2D eigenvalue weighted by atomic mass is 32.1. The Morgan fingerprint density at radius 3 is 2.88 bits per heavy atom. The summed E-state index contributed by atoms with van der Waals surface area (Å²) < 4.78 is 2.04. The molecule has 0 aliphatic heterocycles. The van der Waals surface area contributed by atoms with Gasteiger partial charge in [-0.05, 0) is 30.4 Å². The molecular weight excluding hydrogens is 232 g/mol. The van der Waals surface area contributed by atoms with E-state index >= 15 is 0 Å². The summed E-state index contributed by atoms with van der Waals surface area (Å²) in [6, 6.07) is 4.58. The molecule has 0 atom stereocenters. The number of aliphatic hydroxyl groups is 1. The molecule has 3 nitrogen and oxygen atoms in total. The van der Waals surface area contributed by atoms with Gasteiger partial charge in [0.15, 0.2) is 0 Å². The third-order valence-electron chi connectivity index (χ3n) is 3.46. The minimum absolute atomic E-state index is 0.0770. The van der Waals surface area contributed by atoms with Crippen LogP contribution in [0.1, 0.15) is 37.4 Å². The number of hydrogen-bond acceptors (Lipinski definition) is 3. The highest BCUT2D eigenvalue weighted by Gasteiger charge is 2.21. The summed E-state index contributed by atoms with van der Waals surface area (Å²) in [6.45, 7) is 0.0770. The normalized spacial score (nSPS) is 16.8. The number of aromatic nitrogens is 2. The predicted octanol–water partition coefficient (Wildman–Crippen LogP) is 3.22. The van der Waals surface area contributed by atoms with Gasteiger partial charge in [0.1, 0.15) is 0 Å². The van der Waals surface area contributed by atoms with Crippen molar-refractivity contribution in [3.8, 4) is 11.3 Å². The molecule has 0 bridgehead atoms. The van der Waals surface area contributed by atoms with Gasteiger partial charge in [0.05, 0.1) is 24.0 Å². The van der Waals surface area contributed by atoms with Gasteiger partial charge in [-0.3, -0.25) is 4.68 Å². The lowest BCUT2D eigenvalue weighted by Crippen LogP contribution is -2.10. The van der Waals surface area contributed by atoms with Crippen LogP contribution in [-0.2, 0) is 6.61 Å². The SMILES string of the molecule is OCc1cc(-c2ccsc2)nn1C1CCCC1. The van der Waals surface area contributed by atoms with E-state index in [4.69, 9.17) is 0 Å². The van der Waals surface area contributed by atoms with Crippen molar-refractivity contribution in [2.24, 2.45) is 0 Å². The Labute approximate surface area is 105 Å². The molecule has 0 radical (unpaired) electrons. The van der Waals surface area contributed by atoms with Crippen LogP contribution in [0.3, 0.4) is 0 Å². The number of aliphatic hydroxyl groups excluding tert-OH is 1. The molecule has 90 valence electrons. The second-order valence-electron chi connectivity index (χ2n) is 4.57. The first kappa shape index (κ1) is 11.0. The number of nitrogens with zero attached hydrogens (tertiary/aromatic N) is 2. The third-order valence-corrected chi connectivity index (χ3v) is 4.15. The zero-order valence-electron chi connectivity index (χ0n) is 9.67. The van der Waals surface area contributed by atoms with Gasteiger partial charge in [0, 0.05) is 10.9 Å². The fourth-order valence-electron chi connectivity index (χ4n) is 2.57. The van der Waals surface area contributed by atoms with Gasteiger partial charge >= 0.3 is 0 Å². The van der Waals surface area contributed by atoms with Crippen LogP contribution < -0.4 is 0 Å². The van der Waals surface area contributed by atoms with E-state index < -0.39 is 0 Å². The van der Waals surface area contributed by atoms with Crippen LogP contribution in [0.25, 0.3) is 11.3 Å². The molecule has 1 aliphatic rings. The van der Waals surface area contributed by atoms with E-state index in [0.717, 1.165) is 17.0 Å². The maximum absolute atomic E-state index is 9.43. The fraction of sp³-hybridized carbons (Fsp3) is 0.462. The lowest BCUT2D eigenvalue weighted by Gasteiger charge is -2.12. The Morgan fingerprint density at radius 1 is 1.41 bits per heavy atom. The van der Waals surface area contributed by atoms with Crippen molar-refractivity contribution < 1.29 is 5.11 Å². The van der Waals surface area contributed by atoms with E-state index in [1.807, 2.05) is 10.7 Å². The maximum Gasteiger partial charge on any atom is 0.0935 e. The second-order valence-corrected chi connectivity index (χ2v) is 5.35. The molecule has 1 aliphatic carbocycles. The zero-order chi connectivity index (χ0) is 11.7. The van der Waals surface area contributed by atoms with Crippen molar-refractivity contribution >= 4 is 11.3 Å². The van der Waals surface area contributed by atoms with Crippen molar-refractivity contribution in [3.63, 3.8) is 0 Å². The van der Waals surface area contributed by atoms with E-state index in [1.165, 1.54) is 25.7 Å².